The third-order valence-corrected chi connectivity index (χ3v) is 4.22. The lowest BCUT2D eigenvalue weighted by atomic mass is 10.1. The maximum absolute atomic E-state index is 12.1. The molecule has 1 aliphatic rings. The van der Waals surface area contributed by atoms with Crippen molar-refractivity contribution in [1.29, 1.82) is 0 Å². The van der Waals surface area contributed by atoms with Crippen LogP contribution in [0.1, 0.15) is 25.8 Å². The van der Waals surface area contributed by atoms with Crippen LogP contribution < -0.4 is 10.1 Å². The number of carbonyl (C=O) groups excluding carboxylic acids is 1. The molecule has 0 saturated carbocycles. The average Bonchev–Trinajstić information content (AvgIpc) is 2.60. The van der Waals surface area contributed by atoms with Crippen molar-refractivity contribution in [3.8, 4) is 5.75 Å². The first-order valence-corrected chi connectivity index (χ1v) is 8.96. The van der Waals surface area contributed by atoms with Crippen LogP contribution in [0.25, 0.3) is 0 Å². The van der Waals surface area contributed by atoms with E-state index in [1.165, 1.54) is 0 Å². The molecule has 5 nitrogen and oxygen atoms in total. The van der Waals surface area contributed by atoms with E-state index in [1.54, 1.807) is 0 Å². The summed E-state index contributed by atoms with van der Waals surface area (Å²) in [6.07, 6.45) is 1.20. The van der Waals surface area contributed by atoms with E-state index in [0.717, 1.165) is 50.7 Å². The van der Waals surface area contributed by atoms with Crippen LogP contribution >= 0.6 is 0 Å². The fourth-order valence-corrected chi connectivity index (χ4v) is 2.92. The van der Waals surface area contributed by atoms with Gasteiger partial charge in [-0.25, -0.2) is 0 Å². The van der Waals surface area contributed by atoms with E-state index in [0.29, 0.717) is 25.4 Å². The normalized spacial score (nSPS) is 16.6. The Morgan fingerprint density at radius 2 is 2.08 bits per heavy atom. The van der Waals surface area contributed by atoms with Gasteiger partial charge in [0, 0.05) is 32.6 Å². The minimum absolute atomic E-state index is 0.107. The molecule has 0 radical (unpaired) electrons. The molecule has 1 aromatic rings. The van der Waals surface area contributed by atoms with Crippen LogP contribution in [0, 0.1) is 5.92 Å². The van der Waals surface area contributed by atoms with Crippen molar-refractivity contribution in [3.05, 3.63) is 29.8 Å². The monoisotopic (exact) mass is 334 g/mol. The molecular weight excluding hydrogens is 304 g/mol. The van der Waals surface area contributed by atoms with E-state index in [1.807, 2.05) is 31.2 Å². The molecular formula is C19H30N2O3. The zero-order valence-corrected chi connectivity index (χ0v) is 14.9. The molecule has 1 aromatic carbocycles. The summed E-state index contributed by atoms with van der Waals surface area (Å²) in [5.41, 5.74) is 1.09. The van der Waals surface area contributed by atoms with Gasteiger partial charge in [0.2, 0.25) is 5.91 Å². The van der Waals surface area contributed by atoms with E-state index >= 15 is 0 Å². The molecule has 0 aliphatic carbocycles. The standard InChI is InChI=1S/C19H30N2O3/c1-3-24-18-7-5-4-6-17(18)8-9-19(22)20-14-16(2)15-21-10-12-23-13-11-21/h4-7,16H,3,8-15H2,1-2H3,(H,20,22)/t16-/m1/s1. The first kappa shape index (κ1) is 18.7. The Kier molecular flexibility index (Phi) is 8.05. The molecule has 1 atom stereocenters. The van der Waals surface area contributed by atoms with Crippen LogP contribution in [0.2, 0.25) is 0 Å². The number of carbonyl (C=O) groups is 1. The Balaban J connectivity index is 1.67. The van der Waals surface area contributed by atoms with E-state index in [9.17, 15) is 4.79 Å². The highest BCUT2D eigenvalue weighted by Gasteiger charge is 2.14. The number of nitrogens with one attached hydrogen (secondary N) is 1. The molecule has 24 heavy (non-hydrogen) atoms. The van der Waals surface area contributed by atoms with Gasteiger partial charge in [-0.3, -0.25) is 9.69 Å². The van der Waals surface area contributed by atoms with Gasteiger partial charge in [0.15, 0.2) is 0 Å². The number of ether oxygens (including phenoxy) is 2. The maximum atomic E-state index is 12.1. The van der Waals surface area contributed by atoms with Crippen molar-refractivity contribution in [3.63, 3.8) is 0 Å². The number of amides is 1. The Labute approximate surface area is 145 Å². The van der Waals surface area contributed by atoms with Crippen LogP contribution in [-0.4, -0.2) is 56.8 Å². The molecule has 134 valence electrons. The Hall–Kier alpha value is -1.59. The minimum Gasteiger partial charge on any atom is -0.494 e. The van der Waals surface area contributed by atoms with Crippen LogP contribution in [-0.2, 0) is 16.0 Å². The highest BCUT2D eigenvalue weighted by molar-refractivity contribution is 5.76. The summed E-state index contributed by atoms with van der Waals surface area (Å²) < 4.78 is 11.0. The summed E-state index contributed by atoms with van der Waals surface area (Å²) in [5.74, 6) is 1.44. The summed E-state index contributed by atoms with van der Waals surface area (Å²) in [7, 11) is 0. The molecule has 1 amide bonds. The SMILES string of the molecule is CCOc1ccccc1CCC(=O)NC[C@@H](C)CN1CCOCC1. The topological polar surface area (TPSA) is 50.8 Å². The number of aryl methyl sites for hydroxylation is 1. The fraction of sp³-hybridized carbons (Fsp3) is 0.632. The second kappa shape index (κ2) is 10.3. The smallest absolute Gasteiger partial charge is 0.220 e. The summed E-state index contributed by atoms with van der Waals surface area (Å²) >= 11 is 0. The molecule has 1 heterocycles. The number of morpholine rings is 1. The van der Waals surface area contributed by atoms with Gasteiger partial charge < -0.3 is 14.8 Å². The lowest BCUT2D eigenvalue weighted by Crippen LogP contribution is -2.41. The molecule has 0 aromatic heterocycles. The zero-order chi connectivity index (χ0) is 17.2. The van der Waals surface area contributed by atoms with Crippen LogP contribution in [0.5, 0.6) is 5.75 Å². The third kappa shape index (κ3) is 6.49. The maximum Gasteiger partial charge on any atom is 0.220 e. The number of benzene rings is 1. The van der Waals surface area contributed by atoms with Crippen LogP contribution in [0.4, 0.5) is 0 Å². The first-order valence-electron chi connectivity index (χ1n) is 8.96. The molecule has 0 bridgehead atoms. The number of para-hydroxylation sites is 1. The lowest BCUT2D eigenvalue weighted by Gasteiger charge is -2.29. The van der Waals surface area contributed by atoms with E-state index in [4.69, 9.17) is 9.47 Å². The van der Waals surface area contributed by atoms with Crippen molar-refractivity contribution >= 4 is 5.91 Å². The largest absolute Gasteiger partial charge is 0.494 e. The second-order valence-electron chi connectivity index (χ2n) is 6.36. The van der Waals surface area contributed by atoms with Crippen molar-refractivity contribution in [1.82, 2.24) is 10.2 Å². The average molecular weight is 334 g/mol. The summed E-state index contributed by atoms with van der Waals surface area (Å²) in [4.78, 5) is 14.5. The molecule has 5 heteroatoms. The molecule has 1 fully saturated rings. The van der Waals surface area contributed by atoms with E-state index in [-0.39, 0.29) is 5.91 Å². The Morgan fingerprint density at radius 3 is 2.83 bits per heavy atom. The number of rotatable bonds is 9. The highest BCUT2D eigenvalue weighted by atomic mass is 16.5. The number of hydrogen-bond donors (Lipinski definition) is 1. The van der Waals surface area contributed by atoms with Crippen LogP contribution in [0.3, 0.4) is 0 Å². The lowest BCUT2D eigenvalue weighted by molar-refractivity contribution is -0.121. The zero-order valence-electron chi connectivity index (χ0n) is 14.9. The fourth-order valence-electron chi connectivity index (χ4n) is 2.92. The van der Waals surface area contributed by atoms with Crippen LogP contribution in [0.15, 0.2) is 24.3 Å². The Bertz CT molecular complexity index is 501. The van der Waals surface area contributed by atoms with Gasteiger partial charge in [-0.2, -0.15) is 0 Å². The van der Waals surface area contributed by atoms with Crippen molar-refractivity contribution in [2.75, 3.05) is 46.0 Å². The van der Waals surface area contributed by atoms with Gasteiger partial charge in [-0.1, -0.05) is 25.1 Å². The summed E-state index contributed by atoms with van der Waals surface area (Å²) in [6.45, 7) is 10.2. The predicted octanol–water partition coefficient (Wildman–Crippen LogP) is 2.10. The highest BCUT2D eigenvalue weighted by Crippen LogP contribution is 2.19. The summed E-state index contributed by atoms with van der Waals surface area (Å²) in [6, 6.07) is 7.93. The summed E-state index contributed by atoms with van der Waals surface area (Å²) in [5, 5.41) is 3.06. The molecule has 2 rings (SSSR count). The molecule has 0 unspecified atom stereocenters. The molecule has 1 N–H and O–H groups in total. The van der Waals surface area contributed by atoms with Gasteiger partial charge in [0.25, 0.3) is 0 Å². The Morgan fingerprint density at radius 1 is 1.33 bits per heavy atom. The van der Waals surface area contributed by atoms with Crippen molar-refractivity contribution in [2.45, 2.75) is 26.7 Å². The molecule has 0 spiro atoms. The van der Waals surface area contributed by atoms with E-state index in [2.05, 4.69) is 17.1 Å². The molecule has 1 aliphatic heterocycles. The minimum atomic E-state index is 0.107. The van der Waals surface area contributed by atoms with E-state index < -0.39 is 0 Å². The van der Waals surface area contributed by atoms with Gasteiger partial charge >= 0.3 is 0 Å². The second-order valence-corrected chi connectivity index (χ2v) is 6.36. The third-order valence-electron chi connectivity index (χ3n) is 4.22. The quantitative estimate of drug-likeness (QED) is 0.751. The van der Waals surface area contributed by atoms with Crippen molar-refractivity contribution < 1.29 is 14.3 Å². The van der Waals surface area contributed by atoms with Gasteiger partial charge in [0.1, 0.15) is 5.75 Å². The van der Waals surface area contributed by atoms with Crippen molar-refractivity contribution in [2.24, 2.45) is 5.92 Å². The van der Waals surface area contributed by atoms with Gasteiger partial charge in [-0.05, 0) is 30.9 Å². The number of nitrogens with zero attached hydrogens (tertiary/aromatic N) is 1. The molecule has 1 saturated heterocycles. The first-order chi connectivity index (χ1) is 11.7. The number of hydrogen-bond acceptors (Lipinski definition) is 4. The van der Waals surface area contributed by atoms with Gasteiger partial charge in [0.05, 0.1) is 19.8 Å². The predicted molar refractivity (Wildman–Crippen MR) is 95.4 cm³/mol. The van der Waals surface area contributed by atoms with Gasteiger partial charge in [-0.15, -0.1) is 0 Å².